The summed E-state index contributed by atoms with van der Waals surface area (Å²) in [5.41, 5.74) is 2.29. The van der Waals surface area contributed by atoms with Crippen molar-refractivity contribution in [3.63, 3.8) is 0 Å². The summed E-state index contributed by atoms with van der Waals surface area (Å²) >= 11 is 0. The lowest BCUT2D eigenvalue weighted by molar-refractivity contribution is 0.0910. The highest BCUT2D eigenvalue weighted by molar-refractivity contribution is 5.94. The van der Waals surface area contributed by atoms with Crippen molar-refractivity contribution in [1.82, 2.24) is 10.3 Å². The van der Waals surface area contributed by atoms with Crippen LogP contribution in [0.15, 0.2) is 48.7 Å². The summed E-state index contributed by atoms with van der Waals surface area (Å²) < 4.78 is 0. The Kier molecular flexibility index (Phi) is 4.36. The lowest BCUT2D eigenvalue weighted by atomic mass is 9.86. The van der Waals surface area contributed by atoms with Crippen molar-refractivity contribution in [1.29, 1.82) is 0 Å². The van der Waals surface area contributed by atoms with Gasteiger partial charge in [-0.2, -0.15) is 0 Å². The minimum atomic E-state index is -0.513. The van der Waals surface area contributed by atoms with E-state index >= 15 is 0 Å². The highest BCUT2D eigenvalue weighted by Crippen LogP contribution is 2.23. The first-order valence-corrected chi connectivity index (χ1v) is 7.55. The summed E-state index contributed by atoms with van der Waals surface area (Å²) in [7, 11) is 0. The Labute approximate surface area is 132 Å². The molecule has 0 atom stereocenters. The van der Waals surface area contributed by atoms with Crippen molar-refractivity contribution in [2.45, 2.75) is 45.6 Å². The molecule has 0 aliphatic carbocycles. The molecule has 1 amide bonds. The van der Waals surface area contributed by atoms with Crippen LogP contribution in [-0.4, -0.2) is 10.9 Å². The van der Waals surface area contributed by atoms with Gasteiger partial charge < -0.3 is 5.32 Å². The van der Waals surface area contributed by atoms with Crippen molar-refractivity contribution in [3.8, 4) is 0 Å². The molecule has 0 aliphatic rings. The van der Waals surface area contributed by atoms with Gasteiger partial charge >= 0.3 is 0 Å². The molecule has 2 rings (SSSR count). The molecule has 0 saturated heterocycles. The first-order valence-electron chi connectivity index (χ1n) is 7.55. The van der Waals surface area contributed by atoms with Gasteiger partial charge in [-0.3, -0.25) is 9.78 Å². The topological polar surface area (TPSA) is 42.0 Å². The summed E-state index contributed by atoms with van der Waals surface area (Å²) in [6.45, 7) is 10.4. The van der Waals surface area contributed by atoms with Crippen molar-refractivity contribution in [3.05, 3.63) is 65.5 Å². The second-order valence-electron chi connectivity index (χ2n) is 7.12. The van der Waals surface area contributed by atoms with E-state index < -0.39 is 5.54 Å². The van der Waals surface area contributed by atoms with E-state index in [1.807, 2.05) is 56.3 Å². The van der Waals surface area contributed by atoms with E-state index in [9.17, 15) is 4.79 Å². The number of pyridine rings is 1. The third-order valence-corrected chi connectivity index (χ3v) is 3.74. The lowest BCUT2D eigenvalue weighted by Crippen LogP contribution is -2.41. The fraction of sp³-hybridized carbons (Fsp3) is 0.368. The van der Waals surface area contributed by atoms with Gasteiger partial charge in [-0.25, -0.2) is 0 Å². The molecule has 1 aromatic carbocycles. The molecule has 0 unspecified atom stereocenters. The van der Waals surface area contributed by atoms with E-state index in [1.165, 1.54) is 5.56 Å². The number of hydrogen-bond donors (Lipinski definition) is 1. The second-order valence-corrected chi connectivity index (χ2v) is 7.12. The summed E-state index contributed by atoms with van der Waals surface area (Å²) in [5, 5.41) is 3.05. The molecule has 116 valence electrons. The molecule has 3 heteroatoms. The number of amides is 1. The van der Waals surface area contributed by atoms with Gasteiger partial charge in [0, 0.05) is 11.8 Å². The Morgan fingerprint density at radius 1 is 0.955 bits per heavy atom. The molecule has 0 radical (unpaired) electrons. The summed E-state index contributed by atoms with van der Waals surface area (Å²) in [5.74, 6) is -0.0869. The van der Waals surface area contributed by atoms with Crippen molar-refractivity contribution in [2.75, 3.05) is 0 Å². The van der Waals surface area contributed by atoms with Gasteiger partial charge in [0.15, 0.2) is 0 Å². The third-order valence-electron chi connectivity index (χ3n) is 3.74. The number of nitrogens with zero attached hydrogens (tertiary/aromatic N) is 1. The van der Waals surface area contributed by atoms with Crippen LogP contribution in [0.3, 0.4) is 0 Å². The number of carbonyl (C=O) groups excluding carboxylic acids is 1. The maximum atomic E-state index is 12.5. The van der Waals surface area contributed by atoms with Crippen molar-refractivity contribution >= 4 is 5.91 Å². The zero-order valence-electron chi connectivity index (χ0n) is 14.0. The molecule has 1 aromatic heterocycles. The van der Waals surface area contributed by atoms with E-state index in [0.717, 1.165) is 5.69 Å². The maximum Gasteiger partial charge on any atom is 0.252 e. The standard InChI is InChI=1S/C19H24N2O/c1-18(2,3)15-11-9-14(10-12-15)17(22)21-19(4,5)16-8-6-7-13-20-16/h6-13H,1-5H3,(H,21,22). The average molecular weight is 296 g/mol. The van der Waals surface area contributed by atoms with E-state index in [0.29, 0.717) is 5.56 Å². The van der Waals surface area contributed by atoms with E-state index in [2.05, 4.69) is 31.1 Å². The van der Waals surface area contributed by atoms with Crippen LogP contribution in [0, 0.1) is 0 Å². The Morgan fingerprint density at radius 2 is 1.59 bits per heavy atom. The number of benzene rings is 1. The first kappa shape index (κ1) is 16.2. The Morgan fingerprint density at radius 3 is 2.09 bits per heavy atom. The smallest absolute Gasteiger partial charge is 0.252 e. The van der Waals surface area contributed by atoms with Gasteiger partial charge in [0.2, 0.25) is 0 Å². The molecule has 0 bridgehead atoms. The summed E-state index contributed by atoms with van der Waals surface area (Å²) in [6, 6.07) is 13.5. The SMILES string of the molecule is CC(C)(C)c1ccc(C(=O)NC(C)(C)c2ccccn2)cc1. The fourth-order valence-electron chi connectivity index (χ4n) is 2.27. The number of hydrogen-bond acceptors (Lipinski definition) is 2. The molecule has 0 saturated carbocycles. The molecule has 1 N–H and O–H groups in total. The van der Waals surface area contributed by atoms with E-state index in [-0.39, 0.29) is 11.3 Å². The molecular formula is C19H24N2O. The highest BCUT2D eigenvalue weighted by atomic mass is 16.1. The molecule has 0 fully saturated rings. The quantitative estimate of drug-likeness (QED) is 0.928. The van der Waals surface area contributed by atoms with Crippen LogP contribution in [0.4, 0.5) is 0 Å². The predicted octanol–water partition coefficient (Wildman–Crippen LogP) is 4.04. The summed E-state index contributed by atoms with van der Waals surface area (Å²) in [6.07, 6.45) is 1.74. The molecule has 3 nitrogen and oxygen atoms in total. The van der Waals surface area contributed by atoms with Gasteiger partial charge in [-0.15, -0.1) is 0 Å². The fourth-order valence-corrected chi connectivity index (χ4v) is 2.27. The largest absolute Gasteiger partial charge is 0.342 e. The Balaban J connectivity index is 2.15. The molecule has 1 heterocycles. The van der Waals surface area contributed by atoms with Crippen LogP contribution in [-0.2, 0) is 11.0 Å². The molecule has 2 aromatic rings. The van der Waals surface area contributed by atoms with Crippen LogP contribution in [0.2, 0.25) is 0 Å². The van der Waals surface area contributed by atoms with E-state index in [1.54, 1.807) is 6.20 Å². The number of nitrogens with one attached hydrogen (secondary N) is 1. The van der Waals surface area contributed by atoms with Crippen LogP contribution in [0.5, 0.6) is 0 Å². The maximum absolute atomic E-state index is 12.5. The zero-order valence-corrected chi connectivity index (χ0v) is 14.0. The molecule has 0 spiro atoms. The van der Waals surface area contributed by atoms with Gasteiger partial charge in [-0.05, 0) is 49.1 Å². The molecule has 22 heavy (non-hydrogen) atoms. The third kappa shape index (κ3) is 3.73. The number of carbonyl (C=O) groups is 1. The highest BCUT2D eigenvalue weighted by Gasteiger charge is 2.24. The van der Waals surface area contributed by atoms with Gasteiger partial charge in [0.1, 0.15) is 0 Å². The van der Waals surface area contributed by atoms with Gasteiger partial charge in [0.05, 0.1) is 11.2 Å². The minimum Gasteiger partial charge on any atom is -0.342 e. The monoisotopic (exact) mass is 296 g/mol. The normalized spacial score (nSPS) is 12.0. The molecule has 0 aliphatic heterocycles. The van der Waals surface area contributed by atoms with Crippen LogP contribution >= 0.6 is 0 Å². The lowest BCUT2D eigenvalue weighted by Gasteiger charge is -2.26. The van der Waals surface area contributed by atoms with E-state index in [4.69, 9.17) is 0 Å². The van der Waals surface area contributed by atoms with Gasteiger partial charge in [-0.1, -0.05) is 39.0 Å². The van der Waals surface area contributed by atoms with Crippen LogP contribution < -0.4 is 5.32 Å². The van der Waals surface area contributed by atoms with Gasteiger partial charge in [0.25, 0.3) is 5.91 Å². The number of rotatable bonds is 3. The Hall–Kier alpha value is -2.16. The van der Waals surface area contributed by atoms with Crippen molar-refractivity contribution < 1.29 is 4.79 Å². The Bertz CT molecular complexity index is 637. The second kappa shape index (κ2) is 5.91. The molecular weight excluding hydrogens is 272 g/mol. The summed E-state index contributed by atoms with van der Waals surface area (Å²) in [4.78, 5) is 16.8. The zero-order chi connectivity index (χ0) is 16.4. The van der Waals surface area contributed by atoms with Crippen LogP contribution in [0.25, 0.3) is 0 Å². The predicted molar refractivity (Wildman–Crippen MR) is 89.9 cm³/mol. The van der Waals surface area contributed by atoms with Crippen molar-refractivity contribution in [2.24, 2.45) is 0 Å². The van der Waals surface area contributed by atoms with Crippen LogP contribution in [0.1, 0.15) is 56.2 Å². The first-order chi connectivity index (χ1) is 10.2. The minimum absolute atomic E-state index is 0.0856. The average Bonchev–Trinajstić information content (AvgIpc) is 2.47. The number of aromatic nitrogens is 1.